The van der Waals surface area contributed by atoms with E-state index in [0.717, 1.165) is 4.31 Å². The van der Waals surface area contributed by atoms with Crippen molar-refractivity contribution in [2.75, 3.05) is 26.4 Å². The topological polar surface area (TPSA) is 92.5 Å². The lowest BCUT2D eigenvalue weighted by molar-refractivity contribution is -0.125. The van der Waals surface area contributed by atoms with E-state index in [4.69, 9.17) is 5.73 Å². The molecule has 0 heterocycles. The van der Waals surface area contributed by atoms with Crippen LogP contribution in [0.5, 0.6) is 0 Å². The summed E-state index contributed by atoms with van der Waals surface area (Å²) in [7, 11) is -0.359. The van der Waals surface area contributed by atoms with Crippen LogP contribution in [0.25, 0.3) is 0 Å². The zero-order valence-electron chi connectivity index (χ0n) is 10.3. The quantitative estimate of drug-likeness (QED) is 0.641. The summed E-state index contributed by atoms with van der Waals surface area (Å²) < 4.78 is 23.9. The van der Waals surface area contributed by atoms with Crippen LogP contribution in [0.1, 0.15) is 20.3 Å². The molecule has 0 aromatic heterocycles. The normalized spacial score (nSPS) is 15.9. The monoisotopic (exact) mass is 251 g/mol. The third-order valence-electron chi connectivity index (χ3n) is 2.46. The molecule has 0 aliphatic rings. The minimum atomic E-state index is -3.27. The molecule has 0 saturated carbocycles. The molecule has 96 valence electrons. The molecule has 0 spiro atoms. The van der Waals surface area contributed by atoms with E-state index < -0.39 is 15.6 Å². The van der Waals surface area contributed by atoms with E-state index >= 15 is 0 Å². The second-order valence-electron chi connectivity index (χ2n) is 4.13. The van der Waals surface area contributed by atoms with Gasteiger partial charge in [0, 0.05) is 20.6 Å². The Kier molecular flexibility index (Phi) is 5.37. The molecule has 1 atom stereocenters. The van der Waals surface area contributed by atoms with Gasteiger partial charge in [-0.05, 0) is 13.3 Å². The van der Waals surface area contributed by atoms with Crippen LogP contribution in [0.3, 0.4) is 0 Å². The van der Waals surface area contributed by atoms with E-state index in [1.807, 2.05) is 0 Å². The Bertz CT molecular complexity index is 336. The molecule has 1 amide bonds. The summed E-state index contributed by atoms with van der Waals surface area (Å²) >= 11 is 0. The van der Waals surface area contributed by atoms with Gasteiger partial charge < -0.3 is 11.1 Å². The maximum absolute atomic E-state index is 11.5. The predicted molar refractivity (Wildman–Crippen MR) is 63.4 cm³/mol. The van der Waals surface area contributed by atoms with Crippen LogP contribution in [0, 0.1) is 0 Å². The van der Waals surface area contributed by atoms with E-state index in [0.29, 0.717) is 6.42 Å². The molecule has 0 aromatic rings. The molecule has 0 rings (SSSR count). The van der Waals surface area contributed by atoms with E-state index in [1.165, 1.54) is 14.1 Å². The number of sulfonamides is 1. The lowest BCUT2D eigenvalue weighted by Gasteiger charge is -2.21. The van der Waals surface area contributed by atoms with Crippen molar-refractivity contribution < 1.29 is 13.2 Å². The second-order valence-corrected chi connectivity index (χ2v) is 6.43. The van der Waals surface area contributed by atoms with Gasteiger partial charge in [-0.25, -0.2) is 12.7 Å². The number of rotatable bonds is 6. The van der Waals surface area contributed by atoms with E-state index in [2.05, 4.69) is 5.32 Å². The maximum Gasteiger partial charge on any atom is 0.239 e. The van der Waals surface area contributed by atoms with E-state index in [-0.39, 0.29) is 18.2 Å². The van der Waals surface area contributed by atoms with Gasteiger partial charge in [0.1, 0.15) is 0 Å². The summed E-state index contributed by atoms with van der Waals surface area (Å²) in [6.45, 7) is 3.49. The number of amides is 1. The van der Waals surface area contributed by atoms with Crippen molar-refractivity contribution in [2.45, 2.75) is 25.8 Å². The fourth-order valence-electron chi connectivity index (χ4n) is 0.839. The van der Waals surface area contributed by atoms with Gasteiger partial charge in [-0.15, -0.1) is 0 Å². The summed E-state index contributed by atoms with van der Waals surface area (Å²) in [6, 6.07) is 0. The van der Waals surface area contributed by atoms with Gasteiger partial charge in [-0.3, -0.25) is 4.79 Å². The summed E-state index contributed by atoms with van der Waals surface area (Å²) in [4.78, 5) is 11.5. The van der Waals surface area contributed by atoms with Crippen LogP contribution in [0.15, 0.2) is 0 Å². The number of nitrogens with zero attached hydrogens (tertiary/aromatic N) is 1. The maximum atomic E-state index is 11.5. The van der Waals surface area contributed by atoms with Gasteiger partial charge in [-0.1, -0.05) is 6.92 Å². The van der Waals surface area contributed by atoms with Crippen LogP contribution < -0.4 is 11.1 Å². The van der Waals surface area contributed by atoms with Crippen molar-refractivity contribution in [2.24, 2.45) is 5.73 Å². The minimum Gasteiger partial charge on any atom is -0.353 e. The predicted octanol–water partition coefficient (Wildman–Crippen LogP) is -0.879. The average molecular weight is 251 g/mol. The Hall–Kier alpha value is -0.660. The molecule has 0 bridgehead atoms. The molecule has 0 fully saturated rings. The van der Waals surface area contributed by atoms with Crippen LogP contribution >= 0.6 is 0 Å². The third kappa shape index (κ3) is 4.46. The second kappa shape index (κ2) is 5.60. The van der Waals surface area contributed by atoms with Gasteiger partial charge in [0.2, 0.25) is 15.9 Å². The Morgan fingerprint density at radius 2 is 1.94 bits per heavy atom. The molecule has 3 N–H and O–H groups in total. The van der Waals surface area contributed by atoms with E-state index in [9.17, 15) is 13.2 Å². The van der Waals surface area contributed by atoms with Crippen molar-refractivity contribution in [3.05, 3.63) is 0 Å². The smallest absolute Gasteiger partial charge is 0.239 e. The molecular formula is C9H21N3O3S. The number of hydrogen-bond donors (Lipinski definition) is 2. The van der Waals surface area contributed by atoms with Crippen molar-refractivity contribution in [1.29, 1.82) is 0 Å². The lowest BCUT2D eigenvalue weighted by Crippen LogP contribution is -2.52. The minimum absolute atomic E-state index is 0.0755. The molecule has 0 aliphatic carbocycles. The number of carbonyl (C=O) groups is 1. The molecular weight excluding hydrogens is 230 g/mol. The summed E-state index contributed by atoms with van der Waals surface area (Å²) in [5.41, 5.74) is 4.75. The summed E-state index contributed by atoms with van der Waals surface area (Å²) in [6.07, 6.45) is 0.499. The highest BCUT2D eigenvalue weighted by atomic mass is 32.2. The van der Waals surface area contributed by atoms with Crippen molar-refractivity contribution in [3.8, 4) is 0 Å². The first-order valence-corrected chi connectivity index (χ1v) is 6.72. The van der Waals surface area contributed by atoms with Gasteiger partial charge in [0.15, 0.2) is 0 Å². The first-order chi connectivity index (χ1) is 7.13. The highest BCUT2D eigenvalue weighted by Gasteiger charge is 2.25. The summed E-state index contributed by atoms with van der Waals surface area (Å²) in [5.74, 6) is -0.449. The molecule has 0 aliphatic heterocycles. The van der Waals surface area contributed by atoms with Crippen molar-refractivity contribution >= 4 is 15.9 Å². The SMILES string of the molecule is CCC(C)(N)C(=O)NCCS(=O)(=O)N(C)C. The fraction of sp³-hybridized carbons (Fsp3) is 0.889. The van der Waals surface area contributed by atoms with Gasteiger partial charge in [0.05, 0.1) is 11.3 Å². The Balaban J connectivity index is 4.16. The number of nitrogens with two attached hydrogens (primary N) is 1. The Morgan fingerprint density at radius 3 is 2.31 bits per heavy atom. The molecule has 0 aromatic carbocycles. The number of nitrogens with one attached hydrogen (secondary N) is 1. The number of hydrogen-bond acceptors (Lipinski definition) is 4. The molecule has 6 nitrogen and oxygen atoms in total. The van der Waals surface area contributed by atoms with Crippen LogP contribution in [-0.4, -0.2) is 50.6 Å². The number of carbonyl (C=O) groups excluding carboxylic acids is 1. The van der Waals surface area contributed by atoms with Crippen LogP contribution in [-0.2, 0) is 14.8 Å². The van der Waals surface area contributed by atoms with E-state index in [1.54, 1.807) is 13.8 Å². The Morgan fingerprint density at radius 1 is 1.44 bits per heavy atom. The lowest BCUT2D eigenvalue weighted by atomic mass is 10.00. The van der Waals surface area contributed by atoms with Crippen LogP contribution in [0.2, 0.25) is 0 Å². The first-order valence-electron chi connectivity index (χ1n) is 5.11. The molecule has 1 unspecified atom stereocenters. The molecule has 16 heavy (non-hydrogen) atoms. The molecule has 0 saturated heterocycles. The van der Waals surface area contributed by atoms with Gasteiger partial charge in [-0.2, -0.15) is 0 Å². The van der Waals surface area contributed by atoms with Gasteiger partial charge >= 0.3 is 0 Å². The fourth-order valence-corrected chi connectivity index (χ4v) is 1.56. The Labute approximate surface area is 97.2 Å². The molecule has 7 heteroatoms. The zero-order chi connectivity index (χ0) is 13.0. The molecule has 0 radical (unpaired) electrons. The van der Waals surface area contributed by atoms with Crippen LogP contribution in [0.4, 0.5) is 0 Å². The standard InChI is InChI=1S/C9H21N3O3S/c1-5-9(2,10)8(13)11-6-7-16(14,15)12(3)4/h5-7,10H2,1-4H3,(H,11,13). The van der Waals surface area contributed by atoms with Crippen molar-refractivity contribution in [3.63, 3.8) is 0 Å². The van der Waals surface area contributed by atoms with Gasteiger partial charge in [0.25, 0.3) is 0 Å². The first kappa shape index (κ1) is 15.3. The zero-order valence-corrected chi connectivity index (χ0v) is 11.1. The highest BCUT2D eigenvalue weighted by molar-refractivity contribution is 7.89. The highest BCUT2D eigenvalue weighted by Crippen LogP contribution is 2.03. The average Bonchev–Trinajstić information content (AvgIpc) is 2.17. The third-order valence-corrected chi connectivity index (χ3v) is 4.29. The van der Waals surface area contributed by atoms with Crippen molar-refractivity contribution in [1.82, 2.24) is 9.62 Å². The largest absolute Gasteiger partial charge is 0.353 e. The summed E-state index contributed by atoms with van der Waals surface area (Å²) in [5, 5.41) is 2.52.